The average molecular weight is 934 g/mol. The van der Waals surface area contributed by atoms with Crippen molar-refractivity contribution in [3.63, 3.8) is 0 Å². The molecule has 2 aliphatic rings. The first-order valence-corrected chi connectivity index (χ1v) is 25.3. The molecular weight excluding hydrogens is 887 g/mol. The van der Waals surface area contributed by atoms with E-state index >= 15 is 0 Å². The van der Waals surface area contributed by atoms with E-state index in [0.717, 1.165) is 83.2 Å². The van der Waals surface area contributed by atoms with E-state index in [0.29, 0.717) is 0 Å². The Labute approximate surface area is 423 Å². The summed E-state index contributed by atoms with van der Waals surface area (Å²) in [4.78, 5) is 2.44. The number of nitrogens with zero attached hydrogens (tertiary/aromatic N) is 1. The highest BCUT2D eigenvalue weighted by atomic mass is 16.3. The molecular formula is C70H47NO2. The van der Waals surface area contributed by atoms with E-state index in [1.54, 1.807) is 0 Å². The Morgan fingerprint density at radius 2 is 0.918 bits per heavy atom. The fourth-order valence-corrected chi connectivity index (χ4v) is 13.0. The number of hydrogen-bond donors (Lipinski definition) is 0. The van der Waals surface area contributed by atoms with Crippen LogP contribution < -0.4 is 4.90 Å². The van der Waals surface area contributed by atoms with Gasteiger partial charge >= 0.3 is 0 Å². The first kappa shape index (κ1) is 41.6. The van der Waals surface area contributed by atoms with Gasteiger partial charge in [0.05, 0.1) is 11.1 Å². The zero-order valence-electron chi connectivity index (χ0n) is 40.4. The van der Waals surface area contributed by atoms with Gasteiger partial charge < -0.3 is 13.7 Å². The summed E-state index contributed by atoms with van der Waals surface area (Å²) in [5, 5.41) is 4.12. The summed E-state index contributed by atoms with van der Waals surface area (Å²) >= 11 is 0. The molecule has 0 amide bonds. The monoisotopic (exact) mass is 933 g/mol. The van der Waals surface area contributed by atoms with E-state index in [9.17, 15) is 0 Å². The van der Waals surface area contributed by atoms with Crippen molar-refractivity contribution in [3.8, 4) is 44.5 Å². The molecule has 2 aliphatic carbocycles. The highest BCUT2D eigenvalue weighted by molar-refractivity contribution is 6.25. The summed E-state index contributed by atoms with van der Waals surface area (Å²) in [6.45, 7) is 4.71. The van der Waals surface area contributed by atoms with Crippen molar-refractivity contribution in [1.29, 1.82) is 0 Å². The zero-order valence-corrected chi connectivity index (χ0v) is 40.4. The Morgan fingerprint density at radius 1 is 0.342 bits per heavy atom. The van der Waals surface area contributed by atoms with Gasteiger partial charge in [-0.2, -0.15) is 0 Å². The molecule has 0 bridgehead atoms. The lowest BCUT2D eigenvalue weighted by molar-refractivity contribution is 0.660. The molecule has 0 N–H and O–H groups in total. The maximum Gasteiger partial charge on any atom is 0.144 e. The van der Waals surface area contributed by atoms with Crippen LogP contribution in [0.4, 0.5) is 17.1 Å². The third kappa shape index (κ3) is 5.88. The van der Waals surface area contributed by atoms with E-state index in [2.05, 4.69) is 267 Å². The smallest absolute Gasteiger partial charge is 0.144 e. The van der Waals surface area contributed by atoms with Crippen LogP contribution in [0.3, 0.4) is 0 Å². The summed E-state index contributed by atoms with van der Waals surface area (Å²) in [7, 11) is 0. The topological polar surface area (TPSA) is 29.5 Å². The van der Waals surface area contributed by atoms with Gasteiger partial charge in [-0.25, -0.2) is 0 Å². The van der Waals surface area contributed by atoms with Gasteiger partial charge in [0.15, 0.2) is 0 Å². The fourth-order valence-electron chi connectivity index (χ4n) is 13.0. The average Bonchev–Trinajstić information content (AvgIpc) is 4.21. The summed E-state index contributed by atoms with van der Waals surface area (Å²) < 4.78 is 14.3. The molecule has 0 aliphatic heterocycles. The van der Waals surface area contributed by atoms with Crippen molar-refractivity contribution in [3.05, 3.63) is 282 Å². The van der Waals surface area contributed by atoms with Gasteiger partial charge in [-0.1, -0.05) is 214 Å². The Balaban J connectivity index is 1.01. The van der Waals surface area contributed by atoms with Crippen LogP contribution in [0, 0.1) is 0 Å². The van der Waals surface area contributed by atoms with E-state index in [1.807, 2.05) is 0 Å². The molecule has 0 atom stereocenters. The molecule has 3 heteroatoms. The lowest BCUT2D eigenvalue weighted by Crippen LogP contribution is -2.28. The summed E-state index contributed by atoms with van der Waals surface area (Å²) in [6, 6.07) is 90.7. The Bertz CT molecular complexity index is 4310. The number of benzene rings is 11. The normalized spacial score (nSPS) is 13.8. The maximum atomic E-state index is 7.34. The van der Waals surface area contributed by atoms with Crippen molar-refractivity contribution in [2.45, 2.75) is 24.7 Å². The Morgan fingerprint density at radius 3 is 1.70 bits per heavy atom. The number of hydrogen-bond acceptors (Lipinski definition) is 3. The predicted molar refractivity (Wildman–Crippen MR) is 301 cm³/mol. The van der Waals surface area contributed by atoms with Gasteiger partial charge in [-0.3, -0.25) is 0 Å². The van der Waals surface area contributed by atoms with Crippen LogP contribution in [0.5, 0.6) is 0 Å². The summed E-state index contributed by atoms with van der Waals surface area (Å²) in [6.07, 6.45) is 0. The van der Waals surface area contributed by atoms with E-state index in [-0.39, 0.29) is 5.41 Å². The van der Waals surface area contributed by atoms with Gasteiger partial charge in [0.1, 0.15) is 22.3 Å². The molecule has 0 radical (unpaired) electrons. The number of furan rings is 2. The largest absolute Gasteiger partial charge is 0.456 e. The molecule has 0 unspecified atom stereocenters. The van der Waals surface area contributed by atoms with Crippen LogP contribution in [0.2, 0.25) is 0 Å². The molecule has 11 aromatic carbocycles. The molecule has 13 aromatic rings. The molecule has 3 nitrogen and oxygen atoms in total. The third-order valence-electron chi connectivity index (χ3n) is 16.2. The second kappa shape index (κ2) is 15.7. The van der Waals surface area contributed by atoms with Crippen LogP contribution in [-0.2, 0) is 10.8 Å². The molecule has 0 saturated carbocycles. The second-order valence-electron chi connectivity index (χ2n) is 20.3. The SMILES string of the molecule is CC1(C)c2ccccc2-c2ccc(N(c3ccc4oc5c(-c6cccc7c6-c6ccccc6C7(c6ccccc6)c6ccccc6)c6c(cc5c4c3)oc3ccccc36)c3ccccc3-c3ccccc3)cc21. The van der Waals surface area contributed by atoms with Crippen LogP contribution in [0.1, 0.15) is 47.2 Å². The van der Waals surface area contributed by atoms with Gasteiger partial charge in [0, 0.05) is 49.5 Å². The van der Waals surface area contributed by atoms with Crippen molar-refractivity contribution in [2.24, 2.45) is 0 Å². The minimum Gasteiger partial charge on any atom is -0.456 e. The van der Waals surface area contributed by atoms with Crippen LogP contribution in [0.25, 0.3) is 88.4 Å². The number of fused-ring (bicyclic) bond motifs is 12. The Hall–Kier alpha value is -9.18. The van der Waals surface area contributed by atoms with Crippen LogP contribution in [-0.4, -0.2) is 0 Å². The van der Waals surface area contributed by atoms with Gasteiger partial charge in [0.25, 0.3) is 0 Å². The molecule has 344 valence electrons. The van der Waals surface area contributed by atoms with E-state index < -0.39 is 5.41 Å². The lowest BCUT2D eigenvalue weighted by atomic mass is 9.67. The standard InChI is InChI=1S/C70H47NO2/c1-69(2)57-32-16-12-28-50(57)51-39-37-48(42-60(51)69)71(61-35-18-14-27-49(61)44-21-6-3-7-22-44)47-38-40-63-55(41-47)56-43-64-66(53-30-15-19-36-62(53)72-64)67(68(56)73-63)54-31-20-34-59-65(54)52-29-13-17-33-58(52)70(59,45-23-8-4-9-24-45)46-25-10-5-11-26-46/h3-43H,1-2H3. The first-order valence-electron chi connectivity index (χ1n) is 25.3. The molecule has 2 aromatic heterocycles. The highest BCUT2D eigenvalue weighted by Crippen LogP contribution is 2.60. The predicted octanol–water partition coefficient (Wildman–Crippen LogP) is 19.0. The summed E-state index contributed by atoms with van der Waals surface area (Å²) in [5.41, 5.74) is 22.9. The van der Waals surface area contributed by atoms with E-state index in [4.69, 9.17) is 8.83 Å². The minimum absolute atomic E-state index is 0.175. The number of rotatable bonds is 7. The second-order valence-corrected chi connectivity index (χ2v) is 20.3. The van der Waals surface area contributed by atoms with Crippen molar-refractivity contribution < 1.29 is 8.83 Å². The van der Waals surface area contributed by atoms with Crippen molar-refractivity contribution in [1.82, 2.24) is 0 Å². The zero-order chi connectivity index (χ0) is 48.4. The molecule has 2 heterocycles. The van der Waals surface area contributed by atoms with Crippen molar-refractivity contribution in [2.75, 3.05) is 4.90 Å². The number of anilines is 3. The first-order chi connectivity index (χ1) is 36.0. The van der Waals surface area contributed by atoms with Gasteiger partial charge in [-0.05, 0) is 115 Å². The maximum absolute atomic E-state index is 7.34. The summed E-state index contributed by atoms with van der Waals surface area (Å²) in [5.74, 6) is 0. The van der Waals surface area contributed by atoms with Crippen molar-refractivity contribution >= 4 is 60.9 Å². The third-order valence-corrected chi connectivity index (χ3v) is 16.2. The highest BCUT2D eigenvalue weighted by Gasteiger charge is 2.47. The molecule has 0 fully saturated rings. The van der Waals surface area contributed by atoms with Crippen LogP contribution >= 0.6 is 0 Å². The Kier molecular flexibility index (Phi) is 8.92. The van der Waals surface area contributed by atoms with Gasteiger partial charge in [0.2, 0.25) is 0 Å². The molecule has 73 heavy (non-hydrogen) atoms. The van der Waals surface area contributed by atoms with Gasteiger partial charge in [-0.15, -0.1) is 0 Å². The van der Waals surface area contributed by atoms with Crippen LogP contribution in [0.15, 0.2) is 258 Å². The lowest BCUT2D eigenvalue weighted by Gasteiger charge is -2.34. The molecule has 15 rings (SSSR count). The minimum atomic E-state index is -0.562. The fraction of sp³-hybridized carbons (Fsp3) is 0.0571. The molecule has 0 saturated heterocycles. The number of para-hydroxylation sites is 2. The molecule has 0 spiro atoms. The van der Waals surface area contributed by atoms with E-state index in [1.165, 1.54) is 55.6 Å². The quantitative estimate of drug-likeness (QED) is 0.159.